The second-order valence-electron chi connectivity index (χ2n) is 7.31. The highest BCUT2D eigenvalue weighted by molar-refractivity contribution is 5.94. The zero-order chi connectivity index (χ0) is 17.2. The highest BCUT2D eigenvalue weighted by Gasteiger charge is 2.32. The molecule has 0 radical (unpaired) electrons. The van der Waals surface area contributed by atoms with E-state index in [0.29, 0.717) is 6.04 Å². The molecule has 1 heterocycles. The first-order valence-electron chi connectivity index (χ1n) is 9.42. The van der Waals surface area contributed by atoms with Crippen LogP contribution in [-0.4, -0.2) is 30.4 Å². The summed E-state index contributed by atoms with van der Waals surface area (Å²) in [5.41, 5.74) is 6.60. The molecule has 3 heteroatoms. The van der Waals surface area contributed by atoms with E-state index < -0.39 is 0 Å². The number of benzene rings is 2. The Morgan fingerprint density at radius 2 is 1.96 bits per heavy atom. The largest absolute Gasteiger partial charge is 0.352 e. The lowest BCUT2D eigenvalue weighted by atomic mass is 9.93. The molecule has 2 aromatic carbocycles. The van der Waals surface area contributed by atoms with Gasteiger partial charge in [-0.3, -0.25) is 9.69 Å². The van der Waals surface area contributed by atoms with Crippen molar-refractivity contribution in [1.82, 2.24) is 10.2 Å². The maximum absolute atomic E-state index is 12.2. The van der Waals surface area contributed by atoms with E-state index in [1.54, 1.807) is 16.7 Å². The summed E-state index contributed by atoms with van der Waals surface area (Å²) in [5.74, 6) is 0.0378. The van der Waals surface area contributed by atoms with Gasteiger partial charge in [-0.25, -0.2) is 0 Å². The van der Waals surface area contributed by atoms with Gasteiger partial charge in [-0.2, -0.15) is 0 Å². The smallest absolute Gasteiger partial charge is 0.251 e. The van der Waals surface area contributed by atoms with Crippen molar-refractivity contribution in [2.45, 2.75) is 38.6 Å². The van der Waals surface area contributed by atoms with Crippen LogP contribution in [0.1, 0.15) is 51.5 Å². The van der Waals surface area contributed by atoms with Gasteiger partial charge in [0, 0.05) is 31.2 Å². The van der Waals surface area contributed by atoms with Gasteiger partial charge < -0.3 is 5.32 Å². The van der Waals surface area contributed by atoms with Gasteiger partial charge in [-0.05, 0) is 61.4 Å². The summed E-state index contributed by atoms with van der Waals surface area (Å²) in [6.07, 6.45) is 4.64. The van der Waals surface area contributed by atoms with E-state index in [0.717, 1.165) is 43.6 Å². The Hall–Kier alpha value is -2.13. The van der Waals surface area contributed by atoms with Crippen LogP contribution in [0.15, 0.2) is 42.5 Å². The van der Waals surface area contributed by atoms with Gasteiger partial charge in [-0.1, -0.05) is 35.9 Å². The number of carbonyl (C=O) groups excluding carboxylic acids is 1. The van der Waals surface area contributed by atoms with Gasteiger partial charge >= 0.3 is 0 Å². The third-order valence-corrected chi connectivity index (χ3v) is 5.60. The molecule has 0 bridgehead atoms. The molecule has 0 saturated carbocycles. The zero-order valence-corrected chi connectivity index (χ0v) is 14.9. The summed E-state index contributed by atoms with van der Waals surface area (Å²) < 4.78 is 0. The average molecular weight is 334 g/mol. The molecule has 1 atom stereocenters. The summed E-state index contributed by atoms with van der Waals surface area (Å²) in [5, 5.41) is 3.07. The Morgan fingerprint density at radius 3 is 2.80 bits per heavy atom. The van der Waals surface area contributed by atoms with Crippen LogP contribution >= 0.6 is 0 Å². The lowest BCUT2D eigenvalue weighted by Gasteiger charge is -2.35. The number of nitrogens with one attached hydrogen (secondary N) is 1. The first-order chi connectivity index (χ1) is 12.2. The summed E-state index contributed by atoms with van der Waals surface area (Å²) >= 11 is 0. The van der Waals surface area contributed by atoms with E-state index in [4.69, 9.17) is 0 Å². The minimum Gasteiger partial charge on any atom is -0.352 e. The fourth-order valence-corrected chi connectivity index (χ4v) is 4.39. The first-order valence-corrected chi connectivity index (χ1v) is 9.42. The van der Waals surface area contributed by atoms with E-state index >= 15 is 0 Å². The number of nitrogens with zero attached hydrogens (tertiary/aromatic N) is 1. The molecular formula is C22H26N2O. The molecule has 1 aliphatic heterocycles. The first kappa shape index (κ1) is 16.3. The van der Waals surface area contributed by atoms with Crippen molar-refractivity contribution in [3.63, 3.8) is 0 Å². The van der Waals surface area contributed by atoms with Crippen LogP contribution in [-0.2, 0) is 12.8 Å². The summed E-state index contributed by atoms with van der Waals surface area (Å²) in [6, 6.07) is 15.2. The highest BCUT2D eigenvalue weighted by Crippen LogP contribution is 2.41. The van der Waals surface area contributed by atoms with Crippen molar-refractivity contribution in [3.8, 4) is 0 Å². The molecule has 1 N–H and O–H groups in total. The summed E-state index contributed by atoms with van der Waals surface area (Å²) in [4.78, 5) is 14.8. The van der Waals surface area contributed by atoms with Crippen LogP contribution in [0.5, 0.6) is 0 Å². The van der Waals surface area contributed by atoms with Crippen LogP contribution in [0, 0.1) is 6.92 Å². The summed E-state index contributed by atoms with van der Waals surface area (Å²) in [7, 11) is 0. The van der Waals surface area contributed by atoms with Crippen LogP contribution in [0.2, 0.25) is 0 Å². The van der Waals surface area contributed by atoms with E-state index in [9.17, 15) is 4.79 Å². The van der Waals surface area contributed by atoms with Crippen LogP contribution in [0.4, 0.5) is 0 Å². The lowest BCUT2D eigenvalue weighted by molar-refractivity contribution is 0.0949. The predicted molar refractivity (Wildman–Crippen MR) is 101 cm³/mol. The van der Waals surface area contributed by atoms with Crippen molar-refractivity contribution in [2.24, 2.45) is 0 Å². The Bertz CT molecular complexity index is 783. The molecule has 3 nitrogen and oxygen atoms in total. The Kier molecular flexibility index (Phi) is 4.58. The average Bonchev–Trinajstić information content (AvgIpc) is 3.06. The normalized spacial score (nSPS) is 18.8. The molecule has 2 aromatic rings. The van der Waals surface area contributed by atoms with Gasteiger partial charge in [0.2, 0.25) is 0 Å². The molecule has 0 aromatic heterocycles. The third-order valence-electron chi connectivity index (χ3n) is 5.60. The topological polar surface area (TPSA) is 32.3 Å². The lowest BCUT2D eigenvalue weighted by Crippen LogP contribution is -2.36. The molecule has 0 spiro atoms. The maximum atomic E-state index is 12.2. The van der Waals surface area contributed by atoms with E-state index in [1.165, 1.54) is 12.8 Å². The fourth-order valence-electron chi connectivity index (χ4n) is 4.39. The van der Waals surface area contributed by atoms with Crippen LogP contribution in [0.25, 0.3) is 0 Å². The number of amides is 1. The van der Waals surface area contributed by atoms with Gasteiger partial charge in [0.1, 0.15) is 0 Å². The number of rotatable bonds is 5. The number of hydrogen-bond donors (Lipinski definition) is 1. The molecule has 4 rings (SSSR count). The molecule has 130 valence electrons. The molecular weight excluding hydrogens is 308 g/mol. The predicted octanol–water partition coefficient (Wildman–Crippen LogP) is 3.66. The van der Waals surface area contributed by atoms with E-state index in [1.807, 2.05) is 31.2 Å². The Balaban J connectivity index is 1.29. The SMILES string of the molecule is Cc1cccc(C(=O)NCCCN2CCc3cccc4c3C2CC4)c1. The Morgan fingerprint density at radius 1 is 1.16 bits per heavy atom. The minimum atomic E-state index is 0.0378. The van der Waals surface area contributed by atoms with Crippen molar-refractivity contribution in [1.29, 1.82) is 0 Å². The molecule has 1 unspecified atom stereocenters. The molecule has 25 heavy (non-hydrogen) atoms. The van der Waals surface area contributed by atoms with Crippen LogP contribution in [0.3, 0.4) is 0 Å². The maximum Gasteiger partial charge on any atom is 0.251 e. The van der Waals surface area contributed by atoms with Crippen molar-refractivity contribution in [3.05, 3.63) is 70.3 Å². The molecule has 1 amide bonds. The quantitative estimate of drug-likeness (QED) is 0.846. The summed E-state index contributed by atoms with van der Waals surface area (Å²) in [6.45, 7) is 4.96. The second kappa shape index (κ2) is 7.01. The Labute approximate surface area is 150 Å². The molecule has 0 fully saturated rings. The number of aryl methyl sites for hydroxylation is 2. The molecule has 2 aliphatic rings. The third kappa shape index (κ3) is 3.34. The van der Waals surface area contributed by atoms with Gasteiger partial charge in [0.05, 0.1) is 0 Å². The van der Waals surface area contributed by atoms with E-state index in [2.05, 4.69) is 28.4 Å². The highest BCUT2D eigenvalue weighted by atomic mass is 16.1. The van der Waals surface area contributed by atoms with E-state index in [-0.39, 0.29) is 5.91 Å². The van der Waals surface area contributed by atoms with Gasteiger partial charge in [-0.15, -0.1) is 0 Å². The number of hydrogen-bond acceptors (Lipinski definition) is 2. The van der Waals surface area contributed by atoms with Crippen LogP contribution < -0.4 is 5.32 Å². The molecule has 0 saturated heterocycles. The minimum absolute atomic E-state index is 0.0378. The van der Waals surface area contributed by atoms with Crippen molar-refractivity contribution < 1.29 is 4.79 Å². The number of carbonyl (C=O) groups is 1. The monoisotopic (exact) mass is 334 g/mol. The van der Waals surface area contributed by atoms with Crippen molar-refractivity contribution >= 4 is 5.91 Å². The zero-order valence-electron chi connectivity index (χ0n) is 14.9. The van der Waals surface area contributed by atoms with Gasteiger partial charge in [0.15, 0.2) is 0 Å². The van der Waals surface area contributed by atoms with Crippen molar-refractivity contribution in [2.75, 3.05) is 19.6 Å². The van der Waals surface area contributed by atoms with Gasteiger partial charge in [0.25, 0.3) is 5.91 Å². The molecule has 1 aliphatic carbocycles. The standard InChI is InChI=1S/C22H26N2O/c1-16-5-2-8-19(15-16)22(25)23-12-4-13-24-14-11-18-7-3-6-17-9-10-20(24)21(17)18/h2-3,5-8,15,20H,4,9-14H2,1H3,(H,23,25). The fraction of sp³-hybridized carbons (Fsp3) is 0.409. The second-order valence-corrected chi connectivity index (χ2v) is 7.31.